The van der Waals surface area contributed by atoms with Gasteiger partial charge in [0.15, 0.2) is 0 Å². The summed E-state index contributed by atoms with van der Waals surface area (Å²) in [7, 11) is 0. The average molecular weight is 261 g/mol. The van der Waals surface area contributed by atoms with Gasteiger partial charge in [0.05, 0.1) is 5.56 Å². The zero-order chi connectivity index (χ0) is 12.7. The zero-order valence-corrected chi connectivity index (χ0v) is 11.5. The quantitative estimate of drug-likeness (QED) is 0.500. The number of thioether (sulfide) groups is 1. The number of nitrogens with two attached hydrogens (primary N) is 1. The molecule has 3 N–H and O–H groups in total. The maximum Gasteiger partial charge on any atom is 0.126 e. The maximum atomic E-state index is 7.86. The predicted octanol–water partition coefficient (Wildman–Crippen LogP) is 2.68. The number of nitrogen functional groups attached to an aromatic ring is 1. The van der Waals surface area contributed by atoms with Gasteiger partial charge in [-0.1, -0.05) is 6.07 Å². The van der Waals surface area contributed by atoms with Gasteiger partial charge in [-0.2, -0.15) is 0 Å². The predicted molar refractivity (Wildman–Crippen MR) is 77.7 cm³/mol. The standard InChI is InChI=1S/C14H19N3S/c1-18-12-4-2-3-11(13(12)14(15)16)17-8-9-5-6-10(17)7-9/h2-4,9-10H,5-8H2,1H3,(H3,15,16). The van der Waals surface area contributed by atoms with Crippen molar-refractivity contribution in [2.45, 2.75) is 30.2 Å². The fraction of sp³-hybridized carbons (Fsp3) is 0.500. The van der Waals surface area contributed by atoms with Crippen molar-refractivity contribution in [3.63, 3.8) is 0 Å². The molecule has 4 heteroatoms. The van der Waals surface area contributed by atoms with E-state index in [0.717, 1.165) is 22.9 Å². The van der Waals surface area contributed by atoms with Crippen LogP contribution in [0.4, 0.5) is 5.69 Å². The van der Waals surface area contributed by atoms with E-state index >= 15 is 0 Å². The SMILES string of the molecule is CSc1cccc(N2CC3CCC2C3)c1C(=N)N. The number of amidine groups is 1. The summed E-state index contributed by atoms with van der Waals surface area (Å²) in [6.45, 7) is 1.14. The Morgan fingerprint density at radius 1 is 1.44 bits per heavy atom. The van der Waals surface area contributed by atoms with Crippen molar-refractivity contribution in [3.8, 4) is 0 Å². The van der Waals surface area contributed by atoms with Gasteiger partial charge in [0.25, 0.3) is 0 Å². The second kappa shape index (κ2) is 4.50. The number of piperidine rings is 1. The first kappa shape index (κ1) is 11.9. The highest BCUT2D eigenvalue weighted by Crippen LogP contribution is 2.42. The maximum absolute atomic E-state index is 7.86. The molecule has 2 fully saturated rings. The van der Waals surface area contributed by atoms with E-state index in [1.54, 1.807) is 11.8 Å². The molecule has 2 atom stereocenters. The second-order valence-electron chi connectivity index (χ2n) is 5.25. The molecule has 1 aromatic carbocycles. The van der Waals surface area contributed by atoms with Gasteiger partial charge < -0.3 is 10.6 Å². The summed E-state index contributed by atoms with van der Waals surface area (Å²) in [4.78, 5) is 3.59. The van der Waals surface area contributed by atoms with Gasteiger partial charge in [0.1, 0.15) is 5.84 Å². The third kappa shape index (κ3) is 1.79. The van der Waals surface area contributed by atoms with Gasteiger partial charge in [-0.25, -0.2) is 0 Å². The molecule has 3 nitrogen and oxygen atoms in total. The first-order chi connectivity index (χ1) is 8.70. The summed E-state index contributed by atoms with van der Waals surface area (Å²) in [5, 5.41) is 7.86. The summed E-state index contributed by atoms with van der Waals surface area (Å²) in [6.07, 6.45) is 6.03. The van der Waals surface area contributed by atoms with E-state index in [1.807, 2.05) is 6.26 Å². The van der Waals surface area contributed by atoms with Crippen molar-refractivity contribution in [1.82, 2.24) is 0 Å². The minimum atomic E-state index is 0.192. The van der Waals surface area contributed by atoms with Crippen LogP contribution in [0.5, 0.6) is 0 Å². The molecule has 2 aliphatic rings. The van der Waals surface area contributed by atoms with Crippen molar-refractivity contribution in [3.05, 3.63) is 23.8 Å². The molecule has 1 saturated carbocycles. The normalized spacial score (nSPS) is 25.7. The van der Waals surface area contributed by atoms with Crippen LogP contribution in [0.2, 0.25) is 0 Å². The lowest BCUT2D eigenvalue weighted by Gasteiger charge is -2.31. The Hall–Kier alpha value is -1.16. The molecule has 1 aromatic rings. The molecule has 18 heavy (non-hydrogen) atoms. The zero-order valence-electron chi connectivity index (χ0n) is 10.6. The van der Waals surface area contributed by atoms with Gasteiger partial charge in [0, 0.05) is 23.2 Å². The Kier molecular flexibility index (Phi) is 2.98. The molecule has 2 bridgehead atoms. The van der Waals surface area contributed by atoms with Gasteiger partial charge >= 0.3 is 0 Å². The van der Waals surface area contributed by atoms with E-state index in [4.69, 9.17) is 11.1 Å². The molecule has 1 saturated heterocycles. The molecule has 0 amide bonds. The highest BCUT2D eigenvalue weighted by Gasteiger charge is 2.38. The van der Waals surface area contributed by atoms with Crippen molar-refractivity contribution in [1.29, 1.82) is 5.41 Å². The summed E-state index contributed by atoms with van der Waals surface area (Å²) in [6, 6.07) is 6.93. The van der Waals surface area contributed by atoms with Crippen LogP contribution in [0.1, 0.15) is 24.8 Å². The molecular formula is C14H19N3S. The molecule has 0 spiro atoms. The van der Waals surface area contributed by atoms with E-state index in [-0.39, 0.29) is 5.84 Å². The fourth-order valence-corrected chi connectivity index (χ4v) is 4.05. The largest absolute Gasteiger partial charge is 0.384 e. The van der Waals surface area contributed by atoms with Crippen LogP contribution >= 0.6 is 11.8 Å². The minimum absolute atomic E-state index is 0.192. The summed E-state index contributed by atoms with van der Waals surface area (Å²) in [5.74, 6) is 1.05. The smallest absolute Gasteiger partial charge is 0.126 e. The van der Waals surface area contributed by atoms with Crippen LogP contribution < -0.4 is 10.6 Å². The summed E-state index contributed by atoms with van der Waals surface area (Å²) >= 11 is 1.67. The van der Waals surface area contributed by atoms with Crippen LogP contribution in [0.3, 0.4) is 0 Å². The van der Waals surface area contributed by atoms with Gasteiger partial charge in [0.2, 0.25) is 0 Å². The molecule has 3 rings (SSSR count). The van der Waals surface area contributed by atoms with Crippen LogP contribution in [-0.4, -0.2) is 24.7 Å². The first-order valence-corrected chi connectivity index (χ1v) is 7.71. The van der Waals surface area contributed by atoms with Gasteiger partial charge in [-0.3, -0.25) is 5.41 Å². The second-order valence-corrected chi connectivity index (χ2v) is 6.10. The number of rotatable bonds is 3. The fourth-order valence-electron chi connectivity index (χ4n) is 3.42. The Bertz CT molecular complexity index is 486. The Balaban J connectivity index is 2.03. The van der Waals surface area contributed by atoms with Crippen molar-refractivity contribution in [2.24, 2.45) is 11.7 Å². The molecule has 96 valence electrons. The van der Waals surface area contributed by atoms with Crippen LogP contribution in [0, 0.1) is 11.3 Å². The van der Waals surface area contributed by atoms with E-state index in [0.29, 0.717) is 6.04 Å². The van der Waals surface area contributed by atoms with Crippen molar-refractivity contribution in [2.75, 3.05) is 17.7 Å². The molecule has 2 unspecified atom stereocenters. The number of hydrogen-bond acceptors (Lipinski definition) is 3. The average Bonchev–Trinajstić information content (AvgIpc) is 2.99. The van der Waals surface area contributed by atoms with Crippen molar-refractivity contribution >= 4 is 23.3 Å². The lowest BCUT2D eigenvalue weighted by molar-refractivity contribution is 0.553. The molecule has 1 heterocycles. The number of nitrogens with one attached hydrogen (secondary N) is 1. The Morgan fingerprint density at radius 2 is 2.28 bits per heavy atom. The number of hydrogen-bond donors (Lipinski definition) is 2. The summed E-state index contributed by atoms with van der Waals surface area (Å²) in [5.41, 5.74) is 7.90. The molecule has 0 aromatic heterocycles. The summed E-state index contributed by atoms with van der Waals surface area (Å²) < 4.78 is 0. The third-order valence-corrected chi connectivity index (χ3v) is 4.99. The highest BCUT2D eigenvalue weighted by molar-refractivity contribution is 7.98. The van der Waals surface area contributed by atoms with E-state index in [1.165, 1.54) is 24.9 Å². The van der Waals surface area contributed by atoms with Crippen molar-refractivity contribution < 1.29 is 0 Å². The molecular weight excluding hydrogens is 242 g/mol. The lowest BCUT2D eigenvalue weighted by Crippen LogP contribution is -2.33. The van der Waals surface area contributed by atoms with Crippen LogP contribution in [0.15, 0.2) is 23.1 Å². The van der Waals surface area contributed by atoms with E-state index in [2.05, 4.69) is 23.1 Å². The Morgan fingerprint density at radius 3 is 2.83 bits per heavy atom. The first-order valence-electron chi connectivity index (χ1n) is 6.48. The topological polar surface area (TPSA) is 53.1 Å². The molecule has 0 radical (unpaired) electrons. The lowest BCUT2D eigenvalue weighted by atomic mass is 10.1. The molecule has 1 aliphatic heterocycles. The molecule has 1 aliphatic carbocycles. The monoisotopic (exact) mass is 261 g/mol. The highest BCUT2D eigenvalue weighted by atomic mass is 32.2. The van der Waals surface area contributed by atoms with Crippen LogP contribution in [0.25, 0.3) is 0 Å². The number of anilines is 1. The Labute approximate surface area is 112 Å². The minimum Gasteiger partial charge on any atom is -0.384 e. The van der Waals surface area contributed by atoms with Gasteiger partial charge in [-0.05, 0) is 43.6 Å². The number of nitrogens with zero attached hydrogens (tertiary/aromatic N) is 1. The van der Waals surface area contributed by atoms with E-state index < -0.39 is 0 Å². The van der Waals surface area contributed by atoms with E-state index in [9.17, 15) is 0 Å². The van der Waals surface area contributed by atoms with Crippen LogP contribution in [-0.2, 0) is 0 Å². The number of fused-ring (bicyclic) bond motifs is 2. The number of benzene rings is 1. The third-order valence-electron chi connectivity index (χ3n) is 4.21. The van der Waals surface area contributed by atoms with Gasteiger partial charge in [-0.15, -0.1) is 11.8 Å².